The highest BCUT2D eigenvalue weighted by molar-refractivity contribution is 5.95. The fraction of sp³-hybridized carbons (Fsp3) is 0.400. The van der Waals surface area contributed by atoms with Crippen molar-refractivity contribution in [2.75, 3.05) is 31.1 Å². The van der Waals surface area contributed by atoms with Crippen LogP contribution in [0, 0.1) is 5.82 Å². The average molecular weight is 372 g/mol. The molecule has 2 fully saturated rings. The van der Waals surface area contributed by atoms with Gasteiger partial charge in [-0.3, -0.25) is 9.59 Å². The van der Waals surface area contributed by atoms with Gasteiger partial charge in [-0.1, -0.05) is 6.07 Å². The van der Waals surface area contributed by atoms with E-state index >= 15 is 0 Å². The molecule has 3 heterocycles. The Bertz CT molecular complexity index is 838. The second-order valence-electron chi connectivity index (χ2n) is 7.05. The molecule has 6 nitrogen and oxygen atoms in total. The Morgan fingerprint density at radius 2 is 2.04 bits per heavy atom. The normalized spacial score (nSPS) is 23.5. The van der Waals surface area contributed by atoms with Gasteiger partial charge in [-0.2, -0.15) is 0 Å². The van der Waals surface area contributed by atoms with Crippen molar-refractivity contribution in [1.82, 2.24) is 4.90 Å². The number of halogens is 1. The van der Waals surface area contributed by atoms with E-state index in [9.17, 15) is 14.0 Å². The zero-order valence-electron chi connectivity index (χ0n) is 14.9. The number of anilines is 1. The summed E-state index contributed by atoms with van der Waals surface area (Å²) in [5.74, 6) is -0.367. The van der Waals surface area contributed by atoms with E-state index in [1.54, 1.807) is 34.1 Å². The van der Waals surface area contributed by atoms with Crippen molar-refractivity contribution in [3.05, 3.63) is 54.2 Å². The van der Waals surface area contributed by atoms with Crippen LogP contribution in [0.15, 0.2) is 47.1 Å². The Kier molecular flexibility index (Phi) is 4.70. The number of carbonyl (C=O) groups excluding carboxylic acids is 2. The van der Waals surface area contributed by atoms with E-state index in [1.165, 1.54) is 18.4 Å². The SMILES string of the molecule is O=C(c1ccco1)N1CCCC2(CC1)CN(c1cccc(F)c1)C(=O)CO2. The maximum absolute atomic E-state index is 13.6. The number of ether oxygens (including phenoxy) is 1. The minimum absolute atomic E-state index is 0.0390. The number of amides is 2. The first kappa shape index (κ1) is 17.7. The molecule has 1 aromatic carbocycles. The van der Waals surface area contributed by atoms with Gasteiger partial charge in [0.25, 0.3) is 11.8 Å². The molecule has 0 bridgehead atoms. The second kappa shape index (κ2) is 7.15. The van der Waals surface area contributed by atoms with Gasteiger partial charge < -0.3 is 19.0 Å². The predicted molar refractivity (Wildman–Crippen MR) is 95.9 cm³/mol. The Labute approximate surface area is 156 Å². The van der Waals surface area contributed by atoms with Gasteiger partial charge in [0.05, 0.1) is 18.4 Å². The smallest absolute Gasteiger partial charge is 0.289 e. The van der Waals surface area contributed by atoms with E-state index in [2.05, 4.69) is 0 Å². The minimum Gasteiger partial charge on any atom is -0.459 e. The van der Waals surface area contributed by atoms with Crippen molar-refractivity contribution in [3.8, 4) is 0 Å². The van der Waals surface area contributed by atoms with Crippen LogP contribution in [0.2, 0.25) is 0 Å². The molecule has 1 atom stereocenters. The molecular weight excluding hydrogens is 351 g/mol. The van der Waals surface area contributed by atoms with E-state index in [0.717, 1.165) is 12.8 Å². The Morgan fingerprint density at radius 1 is 1.15 bits per heavy atom. The third kappa shape index (κ3) is 3.60. The van der Waals surface area contributed by atoms with Gasteiger partial charge >= 0.3 is 0 Å². The minimum atomic E-state index is -0.529. The van der Waals surface area contributed by atoms with Gasteiger partial charge in [-0.15, -0.1) is 0 Å². The van der Waals surface area contributed by atoms with Crippen molar-refractivity contribution in [2.24, 2.45) is 0 Å². The van der Waals surface area contributed by atoms with Crippen LogP contribution in [0.25, 0.3) is 0 Å². The van der Waals surface area contributed by atoms with E-state index in [4.69, 9.17) is 9.15 Å². The van der Waals surface area contributed by atoms with E-state index < -0.39 is 5.60 Å². The summed E-state index contributed by atoms with van der Waals surface area (Å²) in [5, 5.41) is 0. The Balaban J connectivity index is 1.50. The molecule has 27 heavy (non-hydrogen) atoms. The molecule has 7 heteroatoms. The van der Waals surface area contributed by atoms with Crippen LogP contribution in [-0.2, 0) is 9.53 Å². The monoisotopic (exact) mass is 372 g/mol. The lowest BCUT2D eigenvalue weighted by molar-refractivity contribution is -0.140. The molecule has 2 aromatic rings. The quantitative estimate of drug-likeness (QED) is 0.813. The first-order valence-electron chi connectivity index (χ1n) is 9.09. The molecule has 142 valence electrons. The number of benzene rings is 1. The van der Waals surface area contributed by atoms with Gasteiger partial charge in [0.1, 0.15) is 12.4 Å². The second-order valence-corrected chi connectivity index (χ2v) is 7.05. The third-order valence-electron chi connectivity index (χ3n) is 5.29. The van der Waals surface area contributed by atoms with Gasteiger partial charge in [-0.05, 0) is 49.6 Å². The highest BCUT2D eigenvalue weighted by Gasteiger charge is 2.42. The van der Waals surface area contributed by atoms with Gasteiger partial charge in [0.2, 0.25) is 0 Å². The average Bonchev–Trinajstić information content (AvgIpc) is 3.13. The molecule has 0 radical (unpaired) electrons. The molecule has 1 unspecified atom stereocenters. The topological polar surface area (TPSA) is 63.0 Å². The summed E-state index contributed by atoms with van der Waals surface area (Å²) in [7, 11) is 0. The summed E-state index contributed by atoms with van der Waals surface area (Å²) in [6.45, 7) is 1.45. The highest BCUT2D eigenvalue weighted by Crippen LogP contribution is 2.33. The van der Waals surface area contributed by atoms with Gasteiger partial charge in [-0.25, -0.2) is 4.39 Å². The van der Waals surface area contributed by atoms with Crippen LogP contribution in [0.1, 0.15) is 29.8 Å². The molecule has 2 amide bonds. The standard InChI is InChI=1S/C20H21FN2O4/c21-15-4-1-5-16(12-15)23-14-20(27-13-18(23)24)7-3-9-22(10-8-20)19(25)17-6-2-11-26-17/h1-2,4-6,11-12H,3,7-10,13-14H2. The van der Waals surface area contributed by atoms with E-state index in [1.807, 2.05) is 0 Å². The molecule has 2 aliphatic heterocycles. The molecule has 1 spiro atoms. The number of rotatable bonds is 2. The zero-order valence-corrected chi connectivity index (χ0v) is 14.9. The molecule has 4 rings (SSSR count). The lowest BCUT2D eigenvalue weighted by Gasteiger charge is -2.42. The zero-order chi connectivity index (χ0) is 18.9. The van der Waals surface area contributed by atoms with Crippen molar-refractivity contribution in [2.45, 2.75) is 24.9 Å². The fourth-order valence-corrected chi connectivity index (χ4v) is 3.82. The molecule has 0 saturated carbocycles. The van der Waals surface area contributed by atoms with Crippen molar-refractivity contribution < 1.29 is 23.1 Å². The lowest BCUT2D eigenvalue weighted by atomic mass is 9.92. The predicted octanol–water partition coefficient (Wildman–Crippen LogP) is 2.85. The summed E-state index contributed by atoms with van der Waals surface area (Å²) in [5.41, 5.74) is 0.00810. The Hall–Kier alpha value is -2.67. The van der Waals surface area contributed by atoms with Crippen LogP contribution < -0.4 is 4.90 Å². The van der Waals surface area contributed by atoms with Crippen LogP contribution >= 0.6 is 0 Å². The van der Waals surface area contributed by atoms with Crippen molar-refractivity contribution in [3.63, 3.8) is 0 Å². The first-order chi connectivity index (χ1) is 13.1. The van der Waals surface area contributed by atoms with Gasteiger partial charge in [0, 0.05) is 18.8 Å². The maximum atomic E-state index is 13.6. The lowest BCUT2D eigenvalue weighted by Crippen LogP contribution is -2.55. The molecule has 2 saturated heterocycles. The van der Waals surface area contributed by atoms with E-state index in [-0.39, 0.29) is 24.2 Å². The van der Waals surface area contributed by atoms with Crippen molar-refractivity contribution >= 4 is 17.5 Å². The summed E-state index contributed by atoms with van der Waals surface area (Å²) < 4.78 is 24.8. The number of hydrogen-bond acceptors (Lipinski definition) is 4. The van der Waals surface area contributed by atoms with E-state index in [0.29, 0.717) is 37.5 Å². The summed E-state index contributed by atoms with van der Waals surface area (Å²) in [4.78, 5) is 28.3. The van der Waals surface area contributed by atoms with Crippen LogP contribution in [0.5, 0.6) is 0 Å². The number of carbonyl (C=O) groups is 2. The van der Waals surface area contributed by atoms with Crippen LogP contribution in [-0.4, -0.2) is 48.6 Å². The fourth-order valence-electron chi connectivity index (χ4n) is 3.82. The molecule has 1 aromatic heterocycles. The van der Waals surface area contributed by atoms with Crippen LogP contribution in [0.3, 0.4) is 0 Å². The van der Waals surface area contributed by atoms with Crippen molar-refractivity contribution in [1.29, 1.82) is 0 Å². The number of nitrogens with zero attached hydrogens (tertiary/aromatic N) is 2. The molecule has 0 aliphatic carbocycles. The highest BCUT2D eigenvalue weighted by atomic mass is 19.1. The molecule has 0 N–H and O–H groups in total. The summed E-state index contributed by atoms with van der Waals surface area (Å²) >= 11 is 0. The maximum Gasteiger partial charge on any atom is 0.289 e. The molecular formula is C20H21FN2O4. The molecule has 2 aliphatic rings. The summed E-state index contributed by atoms with van der Waals surface area (Å²) in [6, 6.07) is 9.39. The number of furan rings is 1. The Morgan fingerprint density at radius 3 is 2.81 bits per heavy atom. The third-order valence-corrected chi connectivity index (χ3v) is 5.29. The largest absolute Gasteiger partial charge is 0.459 e. The summed E-state index contributed by atoms with van der Waals surface area (Å²) in [6.07, 6.45) is 3.59. The van der Waals surface area contributed by atoms with Gasteiger partial charge in [0.15, 0.2) is 5.76 Å². The first-order valence-corrected chi connectivity index (χ1v) is 9.09. The number of morpholine rings is 1. The number of likely N-dealkylation sites (tertiary alicyclic amines) is 1. The number of hydrogen-bond donors (Lipinski definition) is 0. The van der Waals surface area contributed by atoms with Crippen LogP contribution in [0.4, 0.5) is 10.1 Å².